The van der Waals surface area contributed by atoms with E-state index in [0.717, 1.165) is 51.4 Å². The van der Waals surface area contributed by atoms with Crippen molar-refractivity contribution in [3.05, 3.63) is 35.4 Å². The Balaban J connectivity index is 0.00000300. The van der Waals surface area contributed by atoms with Crippen LogP contribution in [0.3, 0.4) is 0 Å². The number of halogens is 1. The van der Waals surface area contributed by atoms with Gasteiger partial charge < -0.3 is 19.9 Å². The molecule has 1 aromatic carbocycles. The van der Waals surface area contributed by atoms with Gasteiger partial charge in [-0.2, -0.15) is 0 Å². The quantitative estimate of drug-likeness (QED) is 0.360. The molecule has 3 rings (SSSR count). The van der Waals surface area contributed by atoms with Crippen molar-refractivity contribution in [3.63, 3.8) is 0 Å². The molecule has 2 saturated heterocycles. The Morgan fingerprint density at radius 1 is 1.34 bits per heavy atom. The number of nitrogens with zero attached hydrogens (tertiary/aromatic N) is 3. The normalized spacial score (nSPS) is 21.1. The van der Waals surface area contributed by atoms with Crippen LogP contribution in [0, 0.1) is 6.92 Å². The van der Waals surface area contributed by atoms with Gasteiger partial charge in [0.2, 0.25) is 5.91 Å². The number of amides is 1. The van der Waals surface area contributed by atoms with Crippen LogP contribution in [-0.4, -0.2) is 67.5 Å². The van der Waals surface area contributed by atoms with E-state index in [1.807, 2.05) is 7.05 Å². The minimum absolute atomic E-state index is 0. The predicted molar refractivity (Wildman–Crippen MR) is 128 cm³/mol. The smallest absolute Gasteiger partial charge is 0.222 e. The SMILES string of the molecule is CCC(CCNC(=NC)N1CCOC(c2ccccc2C)C1)N1CCCC1=O.I. The summed E-state index contributed by atoms with van der Waals surface area (Å²) in [6.07, 6.45) is 3.73. The summed E-state index contributed by atoms with van der Waals surface area (Å²) in [5.74, 6) is 1.23. The molecule has 0 aromatic heterocycles. The molecular weight excluding hydrogens is 479 g/mol. The van der Waals surface area contributed by atoms with E-state index in [1.165, 1.54) is 11.1 Å². The van der Waals surface area contributed by atoms with Gasteiger partial charge in [0.15, 0.2) is 5.96 Å². The van der Waals surface area contributed by atoms with Crippen LogP contribution in [0.4, 0.5) is 0 Å². The highest BCUT2D eigenvalue weighted by molar-refractivity contribution is 14.0. The fraction of sp³-hybridized carbons (Fsp3) is 0.636. The number of hydrogen-bond donors (Lipinski definition) is 1. The molecule has 0 spiro atoms. The van der Waals surface area contributed by atoms with Crippen molar-refractivity contribution in [2.24, 2.45) is 4.99 Å². The molecule has 2 aliphatic heterocycles. The maximum absolute atomic E-state index is 12.0. The summed E-state index contributed by atoms with van der Waals surface area (Å²) in [5.41, 5.74) is 2.51. The van der Waals surface area contributed by atoms with E-state index in [1.54, 1.807) is 0 Å². The summed E-state index contributed by atoms with van der Waals surface area (Å²) >= 11 is 0. The molecule has 7 heteroatoms. The van der Waals surface area contributed by atoms with Crippen LogP contribution in [0.1, 0.15) is 49.8 Å². The molecule has 2 atom stereocenters. The molecule has 6 nitrogen and oxygen atoms in total. The van der Waals surface area contributed by atoms with Crippen LogP contribution in [-0.2, 0) is 9.53 Å². The molecule has 29 heavy (non-hydrogen) atoms. The average molecular weight is 514 g/mol. The third kappa shape index (κ3) is 6.07. The molecule has 2 aliphatic rings. The van der Waals surface area contributed by atoms with Crippen molar-refractivity contribution < 1.29 is 9.53 Å². The number of carbonyl (C=O) groups is 1. The molecule has 1 N–H and O–H groups in total. The zero-order chi connectivity index (χ0) is 19.9. The predicted octanol–water partition coefficient (Wildman–Crippen LogP) is 3.35. The van der Waals surface area contributed by atoms with Gasteiger partial charge in [-0.1, -0.05) is 31.2 Å². The fourth-order valence-electron chi connectivity index (χ4n) is 4.30. The van der Waals surface area contributed by atoms with Crippen molar-refractivity contribution in [2.75, 3.05) is 39.8 Å². The molecule has 1 amide bonds. The minimum Gasteiger partial charge on any atom is -0.370 e. The zero-order valence-electron chi connectivity index (χ0n) is 17.9. The number of carbonyl (C=O) groups excluding carboxylic acids is 1. The van der Waals surface area contributed by atoms with Crippen LogP contribution in [0.2, 0.25) is 0 Å². The summed E-state index contributed by atoms with van der Waals surface area (Å²) in [7, 11) is 1.84. The molecule has 0 bridgehead atoms. The number of morpholine rings is 1. The number of likely N-dealkylation sites (tertiary alicyclic amines) is 1. The molecule has 0 aliphatic carbocycles. The minimum atomic E-state index is 0. The van der Waals surface area contributed by atoms with Gasteiger partial charge in [0.05, 0.1) is 13.2 Å². The van der Waals surface area contributed by atoms with Crippen molar-refractivity contribution in [3.8, 4) is 0 Å². The maximum atomic E-state index is 12.0. The van der Waals surface area contributed by atoms with Gasteiger partial charge in [-0.3, -0.25) is 9.79 Å². The number of aryl methyl sites for hydroxylation is 1. The van der Waals surface area contributed by atoms with Gasteiger partial charge in [-0.25, -0.2) is 0 Å². The van der Waals surface area contributed by atoms with Gasteiger partial charge in [0, 0.05) is 39.1 Å². The van der Waals surface area contributed by atoms with E-state index in [4.69, 9.17) is 4.74 Å². The maximum Gasteiger partial charge on any atom is 0.222 e. The van der Waals surface area contributed by atoms with Crippen LogP contribution >= 0.6 is 24.0 Å². The third-order valence-corrected chi connectivity index (χ3v) is 5.90. The van der Waals surface area contributed by atoms with Crippen LogP contribution < -0.4 is 5.32 Å². The molecule has 162 valence electrons. The zero-order valence-corrected chi connectivity index (χ0v) is 20.2. The fourth-order valence-corrected chi connectivity index (χ4v) is 4.30. The van der Waals surface area contributed by atoms with Gasteiger partial charge in [0.25, 0.3) is 0 Å². The van der Waals surface area contributed by atoms with E-state index < -0.39 is 0 Å². The summed E-state index contributed by atoms with van der Waals surface area (Å²) in [4.78, 5) is 20.9. The Morgan fingerprint density at radius 2 is 2.14 bits per heavy atom. The number of guanidine groups is 1. The van der Waals surface area contributed by atoms with Gasteiger partial charge in [-0.15, -0.1) is 24.0 Å². The Hall–Kier alpha value is -1.35. The van der Waals surface area contributed by atoms with Crippen molar-refractivity contribution in [1.29, 1.82) is 0 Å². The first-order valence-electron chi connectivity index (χ1n) is 10.6. The summed E-state index contributed by atoms with van der Waals surface area (Å²) < 4.78 is 6.04. The molecule has 2 fully saturated rings. The van der Waals surface area contributed by atoms with Gasteiger partial charge in [0.1, 0.15) is 6.10 Å². The lowest BCUT2D eigenvalue weighted by Gasteiger charge is -2.36. The largest absolute Gasteiger partial charge is 0.370 e. The molecule has 2 heterocycles. The van der Waals surface area contributed by atoms with E-state index in [0.29, 0.717) is 25.0 Å². The number of hydrogen-bond acceptors (Lipinski definition) is 3. The Kier molecular flexibility index (Phi) is 9.68. The summed E-state index contributed by atoms with van der Waals surface area (Å²) in [6, 6.07) is 8.75. The lowest BCUT2D eigenvalue weighted by Crippen LogP contribution is -2.49. The summed E-state index contributed by atoms with van der Waals surface area (Å²) in [6.45, 7) is 8.36. The number of nitrogens with one attached hydrogen (secondary N) is 1. The van der Waals surface area contributed by atoms with Crippen LogP contribution in [0.5, 0.6) is 0 Å². The molecule has 2 unspecified atom stereocenters. The second kappa shape index (κ2) is 11.7. The van der Waals surface area contributed by atoms with E-state index in [9.17, 15) is 4.79 Å². The number of rotatable bonds is 6. The number of ether oxygens (including phenoxy) is 1. The van der Waals surface area contributed by atoms with Crippen molar-refractivity contribution in [2.45, 2.75) is 51.7 Å². The Morgan fingerprint density at radius 3 is 2.79 bits per heavy atom. The average Bonchev–Trinajstić information content (AvgIpc) is 3.14. The van der Waals surface area contributed by atoms with Crippen molar-refractivity contribution in [1.82, 2.24) is 15.1 Å². The number of benzene rings is 1. The van der Waals surface area contributed by atoms with E-state index in [2.05, 4.69) is 58.2 Å². The number of aliphatic imine (C=N–C) groups is 1. The highest BCUT2D eigenvalue weighted by Gasteiger charge is 2.27. The van der Waals surface area contributed by atoms with Gasteiger partial charge in [-0.05, 0) is 37.3 Å². The molecule has 0 saturated carbocycles. The first-order valence-corrected chi connectivity index (χ1v) is 10.6. The van der Waals surface area contributed by atoms with E-state index in [-0.39, 0.29) is 30.1 Å². The first kappa shape index (κ1) is 23.9. The standard InChI is InChI=1S/C22H34N4O2.HI/c1-4-18(26-13-7-10-21(26)27)11-12-24-22(23-3)25-14-15-28-20(16-25)19-9-6-5-8-17(19)2;/h5-6,8-9,18,20H,4,7,10-16H2,1-3H3,(H,23,24);1H. The monoisotopic (exact) mass is 514 g/mol. The molecule has 1 aromatic rings. The van der Waals surface area contributed by atoms with Crippen molar-refractivity contribution >= 4 is 35.8 Å². The Bertz CT molecular complexity index is 697. The second-order valence-corrected chi connectivity index (χ2v) is 7.68. The molecular formula is C22H35IN4O2. The third-order valence-electron chi connectivity index (χ3n) is 5.90. The van der Waals surface area contributed by atoms with Gasteiger partial charge >= 0.3 is 0 Å². The van der Waals surface area contributed by atoms with Crippen LogP contribution in [0.15, 0.2) is 29.3 Å². The molecule has 0 radical (unpaired) electrons. The van der Waals surface area contributed by atoms with E-state index >= 15 is 0 Å². The second-order valence-electron chi connectivity index (χ2n) is 7.68. The van der Waals surface area contributed by atoms with Crippen LogP contribution in [0.25, 0.3) is 0 Å². The first-order chi connectivity index (χ1) is 13.6. The Labute approximate surface area is 192 Å². The lowest BCUT2D eigenvalue weighted by molar-refractivity contribution is -0.129. The lowest BCUT2D eigenvalue weighted by atomic mass is 10.0. The topological polar surface area (TPSA) is 57.2 Å². The highest BCUT2D eigenvalue weighted by atomic mass is 127. The summed E-state index contributed by atoms with van der Waals surface area (Å²) in [5, 5.41) is 3.51. The highest BCUT2D eigenvalue weighted by Crippen LogP contribution is 2.25.